The number of fused-ring (bicyclic) bond motifs is 1. The smallest absolute Gasteiger partial charge is 0.272 e. The molecule has 0 saturated heterocycles. The fourth-order valence-electron chi connectivity index (χ4n) is 4.45. The van der Waals surface area contributed by atoms with E-state index in [1.165, 1.54) is 0 Å². The first kappa shape index (κ1) is 24.3. The second-order valence-corrected chi connectivity index (χ2v) is 10.1. The van der Waals surface area contributed by atoms with Crippen molar-refractivity contribution in [1.29, 1.82) is 0 Å². The van der Waals surface area contributed by atoms with Gasteiger partial charge in [0.25, 0.3) is 5.91 Å². The van der Waals surface area contributed by atoms with Crippen molar-refractivity contribution in [3.63, 3.8) is 0 Å². The van der Waals surface area contributed by atoms with E-state index in [4.69, 9.17) is 0 Å². The molecule has 2 aromatic rings. The van der Waals surface area contributed by atoms with E-state index in [0.29, 0.717) is 31.3 Å². The Kier molecular flexibility index (Phi) is 6.45. The van der Waals surface area contributed by atoms with Crippen LogP contribution in [-0.2, 0) is 13.1 Å². The molecule has 0 spiro atoms. The van der Waals surface area contributed by atoms with Crippen molar-refractivity contribution in [1.82, 2.24) is 19.8 Å². The van der Waals surface area contributed by atoms with Crippen LogP contribution in [0.1, 0.15) is 57.2 Å². The number of halogens is 3. The molecule has 1 aliphatic heterocycles. The predicted octanol–water partition coefficient (Wildman–Crippen LogP) is 3.72. The zero-order valence-corrected chi connectivity index (χ0v) is 19.4. The van der Waals surface area contributed by atoms with Crippen molar-refractivity contribution in [2.75, 3.05) is 13.6 Å². The lowest BCUT2D eigenvalue weighted by atomic mass is 9.77. The third-order valence-electron chi connectivity index (χ3n) is 5.73. The van der Waals surface area contributed by atoms with Crippen LogP contribution in [0.3, 0.4) is 0 Å². The van der Waals surface area contributed by atoms with Gasteiger partial charge in [0.15, 0.2) is 17.3 Å². The van der Waals surface area contributed by atoms with E-state index in [1.54, 1.807) is 18.4 Å². The molecule has 2 heterocycles. The number of aromatic nitrogens is 2. The number of hydrogen-bond donors (Lipinski definition) is 2. The molecule has 1 aromatic heterocycles. The number of aliphatic hydroxyl groups is 1. The Balaban J connectivity index is 2.13. The SMILES string of the molecule is CN1CCCn2c(-c3cc(F)c(F)cc3F)nc(C(=O)NC(C(C)(C)C)C(C)(C)O)c2C1. The maximum absolute atomic E-state index is 14.6. The van der Waals surface area contributed by atoms with Crippen LogP contribution < -0.4 is 5.32 Å². The summed E-state index contributed by atoms with van der Waals surface area (Å²) >= 11 is 0. The molecule has 32 heavy (non-hydrogen) atoms. The molecule has 1 atom stereocenters. The molecular weight excluding hydrogens is 421 g/mol. The number of carbonyl (C=O) groups is 1. The van der Waals surface area contributed by atoms with Gasteiger partial charge in [-0.3, -0.25) is 4.79 Å². The first-order chi connectivity index (χ1) is 14.7. The molecular formula is C23H31F3N4O2. The third kappa shape index (κ3) is 4.83. The Morgan fingerprint density at radius 3 is 2.31 bits per heavy atom. The van der Waals surface area contributed by atoms with Gasteiger partial charge < -0.3 is 19.9 Å². The molecule has 2 N–H and O–H groups in total. The number of imidazole rings is 1. The van der Waals surface area contributed by atoms with Gasteiger partial charge in [0, 0.05) is 19.2 Å². The van der Waals surface area contributed by atoms with Crippen LogP contribution in [0, 0.1) is 22.9 Å². The molecule has 1 unspecified atom stereocenters. The highest BCUT2D eigenvalue weighted by Crippen LogP contribution is 2.31. The summed E-state index contributed by atoms with van der Waals surface area (Å²) in [4.78, 5) is 19.8. The third-order valence-corrected chi connectivity index (χ3v) is 5.73. The molecule has 1 aliphatic rings. The van der Waals surface area contributed by atoms with Gasteiger partial charge in [-0.1, -0.05) is 20.8 Å². The van der Waals surface area contributed by atoms with Gasteiger partial charge in [0.2, 0.25) is 0 Å². The first-order valence-electron chi connectivity index (χ1n) is 10.7. The van der Waals surface area contributed by atoms with Gasteiger partial charge in [-0.05, 0) is 45.3 Å². The Bertz CT molecular complexity index is 1010. The number of amides is 1. The zero-order valence-electron chi connectivity index (χ0n) is 19.4. The summed E-state index contributed by atoms with van der Waals surface area (Å²) in [7, 11) is 1.90. The van der Waals surface area contributed by atoms with Crippen molar-refractivity contribution in [2.24, 2.45) is 5.41 Å². The lowest BCUT2D eigenvalue weighted by molar-refractivity contribution is -0.00383. The molecule has 0 radical (unpaired) electrons. The van der Waals surface area contributed by atoms with Gasteiger partial charge in [-0.25, -0.2) is 18.2 Å². The highest BCUT2D eigenvalue weighted by atomic mass is 19.2. The Labute approximate surface area is 186 Å². The molecule has 0 fully saturated rings. The Hall–Kier alpha value is -2.39. The zero-order chi connectivity index (χ0) is 24.0. The van der Waals surface area contributed by atoms with E-state index in [9.17, 15) is 23.1 Å². The molecule has 1 aromatic carbocycles. The van der Waals surface area contributed by atoms with Gasteiger partial charge in [0.1, 0.15) is 11.6 Å². The molecule has 176 valence electrons. The van der Waals surface area contributed by atoms with Gasteiger partial charge in [-0.15, -0.1) is 0 Å². The average molecular weight is 453 g/mol. The standard InChI is InChI=1S/C23H31F3N4O2/c1-22(2,3)21(23(4,5)32)28-20(31)18-17-12-29(6)8-7-9-30(17)19(27-18)13-10-15(25)16(26)11-14(13)24/h10-11,21,32H,7-9,12H2,1-6H3,(H,28,31). The van der Waals surface area contributed by atoms with Crippen LogP contribution in [0.4, 0.5) is 13.2 Å². The molecule has 1 amide bonds. The molecule has 9 heteroatoms. The molecule has 0 aliphatic carbocycles. The average Bonchev–Trinajstić information content (AvgIpc) is 2.87. The fraction of sp³-hybridized carbons (Fsp3) is 0.565. The molecule has 0 bridgehead atoms. The molecule has 6 nitrogen and oxygen atoms in total. The number of hydrogen-bond acceptors (Lipinski definition) is 4. The normalized spacial score (nSPS) is 16.4. The minimum Gasteiger partial charge on any atom is -0.388 e. The number of nitrogens with one attached hydrogen (secondary N) is 1. The van der Waals surface area contributed by atoms with E-state index in [0.717, 1.165) is 12.6 Å². The highest BCUT2D eigenvalue weighted by Gasteiger charge is 2.39. The van der Waals surface area contributed by atoms with Crippen LogP contribution >= 0.6 is 0 Å². The fourth-order valence-corrected chi connectivity index (χ4v) is 4.45. The summed E-state index contributed by atoms with van der Waals surface area (Å²) in [5.74, 6) is -3.87. The van der Waals surface area contributed by atoms with Crippen LogP contribution in [0.5, 0.6) is 0 Å². The van der Waals surface area contributed by atoms with Crippen molar-refractivity contribution in [3.05, 3.63) is 41.0 Å². The topological polar surface area (TPSA) is 70.4 Å². The minimum atomic E-state index is -1.29. The minimum absolute atomic E-state index is 0.0763. The van der Waals surface area contributed by atoms with E-state index >= 15 is 0 Å². The molecule has 3 rings (SSSR count). The molecule has 0 saturated carbocycles. The quantitative estimate of drug-likeness (QED) is 0.694. The van der Waals surface area contributed by atoms with Crippen molar-refractivity contribution in [2.45, 2.75) is 65.8 Å². The summed E-state index contributed by atoms with van der Waals surface area (Å²) in [5, 5.41) is 13.5. The summed E-state index contributed by atoms with van der Waals surface area (Å²) < 4.78 is 43.7. The predicted molar refractivity (Wildman–Crippen MR) is 115 cm³/mol. The summed E-state index contributed by atoms with van der Waals surface area (Å²) in [6.45, 7) is 10.5. The second kappa shape index (κ2) is 8.51. The summed E-state index contributed by atoms with van der Waals surface area (Å²) in [6, 6.07) is 0.649. The van der Waals surface area contributed by atoms with Crippen LogP contribution in [0.25, 0.3) is 11.4 Å². The maximum atomic E-state index is 14.6. The number of rotatable bonds is 4. The van der Waals surface area contributed by atoms with Crippen molar-refractivity contribution >= 4 is 5.91 Å². The summed E-state index contributed by atoms with van der Waals surface area (Å²) in [6.07, 6.45) is 0.716. The van der Waals surface area contributed by atoms with E-state index in [-0.39, 0.29) is 17.1 Å². The summed E-state index contributed by atoms with van der Waals surface area (Å²) in [5.41, 5.74) is -1.24. The van der Waals surface area contributed by atoms with Crippen LogP contribution in [-0.4, -0.2) is 50.7 Å². The first-order valence-corrected chi connectivity index (χ1v) is 10.7. The second-order valence-electron chi connectivity index (χ2n) is 10.1. The van der Waals surface area contributed by atoms with Gasteiger partial charge >= 0.3 is 0 Å². The van der Waals surface area contributed by atoms with Crippen LogP contribution in [0.2, 0.25) is 0 Å². The Morgan fingerprint density at radius 1 is 1.09 bits per heavy atom. The van der Waals surface area contributed by atoms with E-state index in [1.807, 2.05) is 32.7 Å². The van der Waals surface area contributed by atoms with Gasteiger partial charge in [-0.2, -0.15) is 0 Å². The van der Waals surface area contributed by atoms with E-state index < -0.39 is 40.4 Å². The van der Waals surface area contributed by atoms with Crippen molar-refractivity contribution in [3.8, 4) is 11.4 Å². The monoisotopic (exact) mass is 452 g/mol. The highest BCUT2D eigenvalue weighted by molar-refractivity contribution is 5.94. The van der Waals surface area contributed by atoms with Crippen LogP contribution in [0.15, 0.2) is 12.1 Å². The lowest BCUT2D eigenvalue weighted by Crippen LogP contribution is -2.56. The van der Waals surface area contributed by atoms with E-state index in [2.05, 4.69) is 10.3 Å². The van der Waals surface area contributed by atoms with Gasteiger partial charge in [0.05, 0.1) is 22.9 Å². The number of nitrogens with zero attached hydrogens (tertiary/aromatic N) is 3. The number of carbonyl (C=O) groups excluding carboxylic acids is 1. The largest absolute Gasteiger partial charge is 0.388 e. The maximum Gasteiger partial charge on any atom is 0.272 e. The van der Waals surface area contributed by atoms with Crippen molar-refractivity contribution < 1.29 is 23.1 Å². The Morgan fingerprint density at radius 2 is 1.72 bits per heavy atom. The lowest BCUT2D eigenvalue weighted by Gasteiger charge is -2.39. The number of benzene rings is 1.